The summed E-state index contributed by atoms with van der Waals surface area (Å²) >= 11 is 0. The average molecular weight is 194 g/mol. The largest absolute Gasteiger partial charge is 0.511 e. The normalized spacial score (nSPS) is 9.86. The quantitative estimate of drug-likeness (QED) is 0.594. The minimum atomic E-state index is -1.26. The molecule has 1 N–H and O–H groups in total. The van der Waals surface area contributed by atoms with Crippen molar-refractivity contribution in [3.63, 3.8) is 0 Å². The number of aryl methyl sites for hydroxylation is 2. The molecule has 0 saturated carbocycles. The van der Waals surface area contributed by atoms with Crippen molar-refractivity contribution in [1.82, 2.24) is 0 Å². The van der Waals surface area contributed by atoms with Crippen LogP contribution in [0.5, 0.6) is 5.75 Å². The summed E-state index contributed by atoms with van der Waals surface area (Å²) in [6.45, 7) is 4.04. The molecule has 3 nitrogen and oxygen atoms in total. The molecule has 0 saturated heterocycles. The molecule has 0 amide bonds. The number of carboxylic acid groups (broad SMARTS) is 1. The van der Waals surface area contributed by atoms with E-state index in [0.717, 1.165) is 18.4 Å². The van der Waals surface area contributed by atoms with E-state index >= 15 is 0 Å². The number of ether oxygens (including phenoxy) is 1. The molecule has 1 rings (SSSR count). The zero-order valence-corrected chi connectivity index (χ0v) is 8.41. The first kappa shape index (κ1) is 10.6. The first-order valence-corrected chi connectivity index (χ1v) is 4.70. The zero-order chi connectivity index (χ0) is 10.6. The number of benzene rings is 1. The van der Waals surface area contributed by atoms with Crippen LogP contribution in [-0.2, 0) is 12.8 Å². The van der Waals surface area contributed by atoms with Gasteiger partial charge in [-0.3, -0.25) is 0 Å². The van der Waals surface area contributed by atoms with Crippen molar-refractivity contribution in [2.45, 2.75) is 26.7 Å². The van der Waals surface area contributed by atoms with E-state index in [1.807, 2.05) is 19.1 Å². The van der Waals surface area contributed by atoms with Crippen LogP contribution in [-0.4, -0.2) is 11.3 Å². The molecular weight excluding hydrogens is 180 g/mol. The third-order valence-corrected chi connectivity index (χ3v) is 2.11. The fourth-order valence-electron chi connectivity index (χ4n) is 1.32. The summed E-state index contributed by atoms with van der Waals surface area (Å²) in [5.74, 6) is 0.442. The molecule has 14 heavy (non-hydrogen) atoms. The molecule has 3 heteroatoms. The first-order chi connectivity index (χ1) is 6.67. The topological polar surface area (TPSA) is 46.5 Å². The predicted molar refractivity (Wildman–Crippen MR) is 53.9 cm³/mol. The van der Waals surface area contributed by atoms with Crippen molar-refractivity contribution in [2.75, 3.05) is 0 Å². The molecule has 0 atom stereocenters. The lowest BCUT2D eigenvalue weighted by molar-refractivity contribution is 0.144. The molecule has 1 aromatic carbocycles. The fourth-order valence-corrected chi connectivity index (χ4v) is 1.32. The Labute approximate surface area is 83.3 Å². The summed E-state index contributed by atoms with van der Waals surface area (Å²) in [7, 11) is 0. The van der Waals surface area contributed by atoms with Gasteiger partial charge in [-0.25, -0.2) is 4.79 Å². The van der Waals surface area contributed by atoms with Crippen LogP contribution in [0.4, 0.5) is 4.79 Å². The minimum absolute atomic E-state index is 0.442. The second-order valence-corrected chi connectivity index (χ2v) is 3.02. The molecule has 0 aliphatic rings. The summed E-state index contributed by atoms with van der Waals surface area (Å²) in [6, 6.07) is 5.58. The molecular formula is C11H14O3. The number of hydrogen-bond acceptors (Lipinski definition) is 2. The standard InChI is InChI=1S/C11H14O3/c1-3-8-5-6-10(14-11(12)13)9(4-2)7-8/h5-7H,3-4H2,1-2H3,(H,12,13). The highest BCUT2D eigenvalue weighted by atomic mass is 16.7. The Bertz CT molecular complexity index is 331. The third-order valence-electron chi connectivity index (χ3n) is 2.11. The predicted octanol–water partition coefficient (Wildman–Crippen LogP) is 2.87. The van der Waals surface area contributed by atoms with Crippen molar-refractivity contribution >= 4 is 6.16 Å². The van der Waals surface area contributed by atoms with Crippen molar-refractivity contribution in [3.8, 4) is 5.75 Å². The van der Waals surface area contributed by atoms with Gasteiger partial charge in [-0.05, 0) is 30.0 Å². The molecule has 76 valence electrons. The summed E-state index contributed by atoms with van der Waals surface area (Å²) in [4.78, 5) is 10.4. The van der Waals surface area contributed by atoms with Crippen molar-refractivity contribution in [3.05, 3.63) is 29.3 Å². The van der Waals surface area contributed by atoms with Gasteiger partial charge in [0, 0.05) is 0 Å². The van der Waals surface area contributed by atoms with Crippen LogP contribution in [0.2, 0.25) is 0 Å². The molecule has 0 aromatic heterocycles. The van der Waals surface area contributed by atoms with E-state index in [-0.39, 0.29) is 0 Å². The average Bonchev–Trinajstić information content (AvgIpc) is 2.17. The Hall–Kier alpha value is -1.51. The SMILES string of the molecule is CCc1ccc(OC(=O)O)c(CC)c1. The van der Waals surface area contributed by atoms with Crippen LogP contribution in [0.3, 0.4) is 0 Å². The van der Waals surface area contributed by atoms with E-state index in [1.54, 1.807) is 6.07 Å². The van der Waals surface area contributed by atoms with Crippen molar-refractivity contribution in [2.24, 2.45) is 0 Å². The monoisotopic (exact) mass is 194 g/mol. The van der Waals surface area contributed by atoms with Crippen LogP contribution in [0, 0.1) is 0 Å². The Morgan fingerprint density at radius 2 is 2.07 bits per heavy atom. The maximum Gasteiger partial charge on any atom is 0.511 e. The van der Waals surface area contributed by atoms with Crippen molar-refractivity contribution in [1.29, 1.82) is 0 Å². The minimum Gasteiger partial charge on any atom is -0.449 e. The summed E-state index contributed by atoms with van der Waals surface area (Å²) < 4.78 is 4.65. The summed E-state index contributed by atoms with van der Waals surface area (Å²) in [6.07, 6.45) is 0.459. The van der Waals surface area contributed by atoms with E-state index in [4.69, 9.17) is 5.11 Å². The van der Waals surface area contributed by atoms with Crippen LogP contribution in [0.15, 0.2) is 18.2 Å². The molecule has 0 unspecified atom stereocenters. The maximum atomic E-state index is 10.4. The molecule has 0 aliphatic carbocycles. The fraction of sp³-hybridized carbons (Fsp3) is 0.364. The van der Waals surface area contributed by atoms with Crippen LogP contribution >= 0.6 is 0 Å². The lowest BCUT2D eigenvalue weighted by Crippen LogP contribution is -2.05. The van der Waals surface area contributed by atoms with Gasteiger partial charge in [0.2, 0.25) is 0 Å². The van der Waals surface area contributed by atoms with E-state index in [9.17, 15) is 4.79 Å². The van der Waals surface area contributed by atoms with Crippen LogP contribution < -0.4 is 4.74 Å². The second-order valence-electron chi connectivity index (χ2n) is 3.02. The van der Waals surface area contributed by atoms with E-state index in [2.05, 4.69) is 11.7 Å². The van der Waals surface area contributed by atoms with Gasteiger partial charge in [0.05, 0.1) is 0 Å². The van der Waals surface area contributed by atoms with E-state index in [0.29, 0.717) is 5.75 Å². The first-order valence-electron chi connectivity index (χ1n) is 4.70. The van der Waals surface area contributed by atoms with Gasteiger partial charge < -0.3 is 9.84 Å². The molecule has 0 bridgehead atoms. The van der Waals surface area contributed by atoms with E-state index < -0.39 is 6.16 Å². The molecule has 1 aromatic rings. The molecule has 0 aliphatic heterocycles. The number of rotatable bonds is 3. The van der Waals surface area contributed by atoms with Gasteiger partial charge in [0.1, 0.15) is 5.75 Å². The Morgan fingerprint density at radius 3 is 2.57 bits per heavy atom. The number of hydrogen-bond donors (Lipinski definition) is 1. The van der Waals surface area contributed by atoms with Gasteiger partial charge in [0.15, 0.2) is 0 Å². The van der Waals surface area contributed by atoms with Crippen molar-refractivity contribution < 1.29 is 14.6 Å². The Kier molecular flexibility index (Phi) is 3.51. The van der Waals surface area contributed by atoms with Crippen LogP contribution in [0.1, 0.15) is 25.0 Å². The Balaban J connectivity index is 2.98. The lowest BCUT2D eigenvalue weighted by Gasteiger charge is -2.07. The van der Waals surface area contributed by atoms with Gasteiger partial charge >= 0.3 is 6.16 Å². The van der Waals surface area contributed by atoms with Crippen LogP contribution in [0.25, 0.3) is 0 Å². The van der Waals surface area contributed by atoms with Gasteiger partial charge in [-0.15, -0.1) is 0 Å². The highest BCUT2D eigenvalue weighted by Crippen LogP contribution is 2.21. The van der Waals surface area contributed by atoms with Gasteiger partial charge in [-0.2, -0.15) is 0 Å². The molecule has 0 spiro atoms. The summed E-state index contributed by atoms with van der Waals surface area (Å²) in [5.41, 5.74) is 2.13. The third kappa shape index (κ3) is 2.49. The molecule has 0 radical (unpaired) electrons. The van der Waals surface area contributed by atoms with Gasteiger partial charge in [-0.1, -0.05) is 26.0 Å². The highest BCUT2D eigenvalue weighted by molar-refractivity contribution is 5.62. The molecule has 0 heterocycles. The smallest absolute Gasteiger partial charge is 0.449 e. The van der Waals surface area contributed by atoms with E-state index in [1.165, 1.54) is 5.56 Å². The Morgan fingerprint density at radius 1 is 1.36 bits per heavy atom. The zero-order valence-electron chi connectivity index (χ0n) is 8.41. The number of carbonyl (C=O) groups is 1. The molecule has 0 fully saturated rings. The second kappa shape index (κ2) is 4.65. The maximum absolute atomic E-state index is 10.4. The lowest BCUT2D eigenvalue weighted by atomic mass is 10.1. The van der Waals surface area contributed by atoms with Gasteiger partial charge in [0.25, 0.3) is 0 Å². The summed E-state index contributed by atoms with van der Waals surface area (Å²) in [5, 5.41) is 8.49. The highest BCUT2D eigenvalue weighted by Gasteiger charge is 2.06.